The van der Waals surface area contributed by atoms with E-state index in [1.165, 1.54) is 6.08 Å². The number of phosphoric ester groups is 1. The second-order valence-electron chi connectivity index (χ2n) is 39.1. The Hall–Kier alpha value is -3.95. The van der Waals surface area contributed by atoms with Gasteiger partial charge < -0.3 is 130 Å². The summed E-state index contributed by atoms with van der Waals surface area (Å²) in [6.45, 7) is 31.8. The van der Waals surface area contributed by atoms with E-state index in [2.05, 4.69) is 67.5 Å². The van der Waals surface area contributed by atoms with Gasteiger partial charge in [-0.3, -0.25) is 14.1 Å². The van der Waals surface area contributed by atoms with Crippen LogP contribution in [0.15, 0.2) is 94.2 Å². The van der Waals surface area contributed by atoms with Crippen molar-refractivity contribution in [2.24, 2.45) is 47.3 Å². The van der Waals surface area contributed by atoms with Gasteiger partial charge in [0.1, 0.15) is 84.1 Å². The molecule has 12 heterocycles. The van der Waals surface area contributed by atoms with Crippen LogP contribution in [-0.4, -0.2) is 283 Å². The van der Waals surface area contributed by atoms with Crippen LogP contribution in [0.25, 0.3) is 0 Å². The van der Waals surface area contributed by atoms with Crippen molar-refractivity contribution < 1.29 is 149 Å². The summed E-state index contributed by atoms with van der Waals surface area (Å²) in [7, 11) is 1.07. The summed E-state index contributed by atoms with van der Waals surface area (Å²) in [5.41, 5.74) is -0.373. The van der Waals surface area contributed by atoms with Crippen LogP contribution >= 0.6 is 7.82 Å². The van der Waals surface area contributed by atoms with Gasteiger partial charge in [0.15, 0.2) is 36.7 Å². The number of hydrogen-bond acceptors (Lipinski definition) is 29. The Kier molecular flexibility index (Phi) is 33.3. The van der Waals surface area contributed by atoms with Crippen LogP contribution in [0.2, 0.25) is 0 Å². The molecule has 39 atom stereocenters. The maximum Gasteiger partial charge on any atom is 0.470 e. The van der Waals surface area contributed by atoms with Crippen LogP contribution < -0.4 is 0 Å². The number of ether oxygens (including phenoxy) is 20. The van der Waals surface area contributed by atoms with E-state index in [9.17, 15) is 49.5 Å². The number of esters is 2. The molecule has 0 radical (unpaired) electrons. The SMILES string of the molecule is CC[C@H](C)[C@H]1O[C@]2(CC[C@@H]1C)C[C@@H]1C[C@@H](C/C=C(\C)[C@@H](O[C@H]3C[C@H](OC)[C@@H](O[C@H]4C[C@H](OC)[C@@H](O)[C@H](C)O4)[C@H](C)O3)[C@@H](C)/C=C/C=C3\CO[C@@H]4[C@H](O)C(C)=C[C@@H](C(=O)O1)[C@]34OP(=O)(O)O)O2.CO[C@H]1C[C@H](O[C@H]2[C@H](C)O[C@@H](O[C@@H]3/C(C)=C/C[C@@H]4C[C@@H](C[C@]5(CC[C@H](C)[C@@H](C(C)C)O5)O4)OC(=O)[C@@H]4C=C(C)[C@@H](O)[C@H]5OC/C(=C\C=C\[C@@H]3C)[C@]54O)C[C@@H]2OC)O[C@@H](C)[C@@H]1O. The Bertz CT molecular complexity index is 4020. The molecule has 14 aliphatic rings. The van der Waals surface area contributed by atoms with Crippen molar-refractivity contribution in [3.63, 3.8) is 0 Å². The second-order valence-corrected chi connectivity index (χ2v) is 40.3. The number of aliphatic hydroxyl groups is 5. The fraction of sp³-hybridized carbons (Fsp3) is 0.811. The second kappa shape index (κ2) is 42.1. The highest BCUT2D eigenvalue weighted by molar-refractivity contribution is 7.46. The van der Waals surface area contributed by atoms with Crippen molar-refractivity contribution in [2.75, 3.05) is 41.7 Å². The molecule has 10 saturated heterocycles. The monoisotopic (exact) mass is 1810 g/mol. The Balaban J connectivity index is 0.000000218. The van der Waals surface area contributed by atoms with Crippen LogP contribution in [0.4, 0.5) is 0 Å². The van der Waals surface area contributed by atoms with E-state index in [1.807, 2.05) is 45.9 Å². The number of phosphoric acid groups is 1. The number of methoxy groups -OCH3 is 4. The Labute approximate surface area is 749 Å². The van der Waals surface area contributed by atoms with E-state index in [0.29, 0.717) is 93.3 Å². The fourth-order valence-electron chi connectivity index (χ4n) is 22.1. The lowest BCUT2D eigenvalue weighted by Crippen LogP contribution is -2.59. The lowest BCUT2D eigenvalue weighted by atomic mass is 9.71. The van der Waals surface area contributed by atoms with Gasteiger partial charge in [0, 0.05) is 104 Å². The number of hydrogen-bond donors (Lipinski definition) is 7. The zero-order valence-electron chi connectivity index (χ0n) is 78.0. The van der Waals surface area contributed by atoms with Crippen molar-refractivity contribution in [1.82, 2.24) is 0 Å². The van der Waals surface area contributed by atoms with Gasteiger partial charge in [0.2, 0.25) is 0 Å². The Morgan fingerprint density at radius 1 is 0.504 bits per heavy atom. The first-order valence-electron chi connectivity index (χ1n) is 46.5. The maximum absolute atomic E-state index is 14.7. The van der Waals surface area contributed by atoms with E-state index < -0.39 is 202 Å². The third kappa shape index (κ3) is 22.1. The maximum atomic E-state index is 14.7. The average Bonchev–Trinajstić information content (AvgIpc) is 1.58. The number of carbonyl (C=O) groups is 2. The minimum absolute atomic E-state index is 0.0210. The van der Waals surface area contributed by atoms with Gasteiger partial charge in [-0.15, -0.1) is 0 Å². The summed E-state index contributed by atoms with van der Waals surface area (Å²) in [6.07, 6.45) is 9.50. The average molecular weight is 1820 g/mol. The van der Waals surface area contributed by atoms with Gasteiger partial charge in [-0.2, -0.15) is 0 Å². The first-order valence-corrected chi connectivity index (χ1v) is 48.1. The normalized spacial score (nSPS) is 48.4. The molecule has 10 fully saturated rings. The zero-order valence-corrected chi connectivity index (χ0v) is 78.8. The van der Waals surface area contributed by atoms with E-state index in [4.69, 9.17) is 99.3 Å². The van der Waals surface area contributed by atoms with E-state index in [-0.39, 0.29) is 79.2 Å². The molecule has 32 heteroatoms. The molecule has 7 N–H and O–H groups in total. The van der Waals surface area contributed by atoms with Crippen LogP contribution in [-0.2, 0) is 113 Å². The molecule has 2 aliphatic carbocycles. The molecular weight excluding hydrogens is 1670 g/mol. The Morgan fingerprint density at radius 2 is 0.913 bits per heavy atom. The lowest BCUT2D eigenvalue weighted by Gasteiger charge is -2.51. The largest absolute Gasteiger partial charge is 0.470 e. The summed E-state index contributed by atoms with van der Waals surface area (Å²) in [6, 6.07) is 0. The predicted molar refractivity (Wildman–Crippen MR) is 461 cm³/mol. The fourth-order valence-corrected chi connectivity index (χ4v) is 22.9. The van der Waals surface area contributed by atoms with Gasteiger partial charge in [-0.1, -0.05) is 123 Å². The molecule has 718 valence electrons. The third-order valence-corrected chi connectivity index (χ3v) is 30.1. The molecule has 14 rings (SSSR count). The molecule has 2 spiro atoms. The van der Waals surface area contributed by atoms with E-state index in [1.54, 1.807) is 80.4 Å². The summed E-state index contributed by atoms with van der Waals surface area (Å²) in [5, 5.41) is 56.2. The number of allylic oxidation sites excluding steroid dienone is 4. The molecule has 0 amide bonds. The molecular formula is C95H147O31P. The molecule has 4 bridgehead atoms. The summed E-state index contributed by atoms with van der Waals surface area (Å²) < 4.78 is 146. The number of rotatable bonds is 17. The lowest BCUT2D eigenvalue weighted by molar-refractivity contribution is -0.341. The smallest absolute Gasteiger partial charge is 0.462 e. The topological polar surface area (TPSA) is 387 Å². The highest BCUT2D eigenvalue weighted by atomic mass is 31.2. The first kappa shape index (κ1) is 101. The summed E-state index contributed by atoms with van der Waals surface area (Å²) >= 11 is 0. The van der Waals surface area contributed by atoms with Crippen LogP contribution in [0.3, 0.4) is 0 Å². The van der Waals surface area contributed by atoms with Gasteiger partial charge in [0.05, 0.1) is 98.7 Å². The quantitative estimate of drug-likeness (QED) is 0.0404. The highest BCUT2D eigenvalue weighted by Gasteiger charge is 2.66. The van der Waals surface area contributed by atoms with E-state index >= 15 is 0 Å². The molecule has 0 aromatic carbocycles. The van der Waals surface area contributed by atoms with Gasteiger partial charge in [0.25, 0.3) is 0 Å². The number of carbonyl (C=O) groups excluding carboxylic acids is 2. The Morgan fingerprint density at radius 3 is 1.38 bits per heavy atom. The van der Waals surface area contributed by atoms with Crippen molar-refractivity contribution in [3.05, 3.63) is 94.2 Å². The van der Waals surface area contributed by atoms with Crippen molar-refractivity contribution in [1.29, 1.82) is 0 Å². The standard InChI is InChI=1S/C48H75O17P.C47H72O14/c1-11-25(2)43-28(5)17-18-47(64-43)23-34-20-33(63-47)16-15-27(4)42(61-39-22-37(56-10)44(31(8)59-39)62-38-21-36(55-9)41(50)30(7)58-38)26(3)13-12-14-32-24-57-45-40(49)29(6)19-35(46(51)60-34)48(32,45)65-66(52,53)54;1-24(2)41-27(5)16-17-46(61-41)22-33-19-32(60-46)15-14-26(4)42(25(3)12-11-13-31-23-54-44-39(48)28(6)18-34(45(50)57-33)47(31,44)51)58-38-21-36(53-10)43(30(8)56-38)59-37-20-35(52-9)40(49)29(7)55-37/h12-15,19,25-26,28,30-31,33-45,49-50H,11,16-18,20-24H2,1-10H3,(H2,52,53,54);11-14,18,24-25,27,29-30,32-44,48-49,51H,15-17,19-23H2,1-10H3/b13-12+,27-15+,32-14+;12-11+,26-14+,31-13+/t25-,26-,28-,30-,31-,33+,34-,35-,36-,37-,38-,39-,40+,41-,42-,43+,44-,45+,47+,48+;25-,27-,29-,30-,32+,33-,34-,35-,36-,37-,38-,39+,40-,41+,42-,43-,44+,46+,47+/m00/s1. The number of fused-ring (bicyclic) bond motifs is 4. The van der Waals surface area contributed by atoms with Crippen LogP contribution in [0, 0.1) is 47.3 Å². The predicted octanol–water partition coefficient (Wildman–Crippen LogP) is 10.9. The van der Waals surface area contributed by atoms with E-state index in [0.717, 1.165) is 30.4 Å². The van der Waals surface area contributed by atoms with Crippen molar-refractivity contribution >= 4 is 19.8 Å². The minimum Gasteiger partial charge on any atom is -0.462 e. The first-order chi connectivity index (χ1) is 60.2. The molecule has 12 aliphatic heterocycles. The molecule has 0 unspecified atom stereocenters. The molecule has 0 aromatic heterocycles. The highest BCUT2D eigenvalue weighted by Crippen LogP contribution is 2.57. The third-order valence-electron chi connectivity index (χ3n) is 29.5. The number of aliphatic hydroxyl groups excluding tert-OH is 4. The minimum atomic E-state index is -5.32. The van der Waals surface area contributed by atoms with Gasteiger partial charge >= 0.3 is 19.8 Å². The van der Waals surface area contributed by atoms with Crippen LogP contribution in [0.5, 0.6) is 0 Å². The van der Waals surface area contributed by atoms with Gasteiger partial charge in [-0.05, 0) is 138 Å². The molecule has 127 heavy (non-hydrogen) atoms. The summed E-state index contributed by atoms with van der Waals surface area (Å²) in [4.78, 5) is 49.9. The van der Waals surface area contributed by atoms with Gasteiger partial charge in [-0.25, -0.2) is 4.57 Å². The van der Waals surface area contributed by atoms with Crippen molar-refractivity contribution in [2.45, 2.75) is 402 Å². The molecule has 0 saturated carbocycles. The molecule has 0 aromatic rings. The molecule has 31 nitrogen and oxygen atoms in total. The zero-order chi connectivity index (χ0) is 91.8. The summed E-state index contributed by atoms with van der Waals surface area (Å²) in [5.74, 6) is -5.10. The van der Waals surface area contributed by atoms with Crippen LogP contribution in [0.1, 0.15) is 207 Å². The van der Waals surface area contributed by atoms with Crippen molar-refractivity contribution in [3.8, 4) is 0 Å².